The van der Waals surface area contributed by atoms with E-state index in [9.17, 15) is 4.79 Å². The molecule has 1 heterocycles. The fourth-order valence-electron chi connectivity index (χ4n) is 4.67. The number of methoxy groups -OCH3 is 1. The Balaban J connectivity index is 1.57. The minimum atomic E-state index is -0.189. The van der Waals surface area contributed by atoms with Gasteiger partial charge in [0.25, 0.3) is 0 Å². The molecule has 5 aromatic rings. The molecule has 180 valence electrons. The molecule has 0 aliphatic rings. The molecule has 4 aromatic carbocycles. The van der Waals surface area contributed by atoms with Crippen LogP contribution in [0.3, 0.4) is 0 Å². The van der Waals surface area contributed by atoms with Gasteiger partial charge in [-0.2, -0.15) is 0 Å². The fourth-order valence-corrected chi connectivity index (χ4v) is 5.08. The van der Waals surface area contributed by atoms with E-state index in [2.05, 4.69) is 41.7 Å². The minimum Gasteiger partial charge on any atom is -0.496 e. The number of carbonyl (C=O) groups excluding carboxylic acids is 1. The van der Waals surface area contributed by atoms with Crippen LogP contribution < -0.4 is 10.1 Å². The maximum absolute atomic E-state index is 12.8. The molecular weight excluding hydrogens is 466 g/mol. The predicted octanol–water partition coefficient (Wildman–Crippen LogP) is 8.33. The summed E-state index contributed by atoms with van der Waals surface area (Å²) in [6, 6.07) is 24.5. The van der Waals surface area contributed by atoms with Gasteiger partial charge in [-0.25, -0.2) is 0 Å². The van der Waals surface area contributed by atoms with Crippen LogP contribution in [0.15, 0.2) is 94.4 Å². The van der Waals surface area contributed by atoms with Crippen LogP contribution >= 0.6 is 11.8 Å². The van der Waals surface area contributed by atoms with Gasteiger partial charge in [-0.15, -0.1) is 11.8 Å². The van der Waals surface area contributed by atoms with Crippen molar-refractivity contribution in [1.29, 1.82) is 0 Å². The number of furan rings is 1. The van der Waals surface area contributed by atoms with Crippen molar-refractivity contribution in [2.45, 2.75) is 18.7 Å². The first kappa shape index (κ1) is 23.8. The van der Waals surface area contributed by atoms with E-state index in [1.54, 1.807) is 24.9 Å². The summed E-state index contributed by atoms with van der Waals surface area (Å²) in [6.45, 7) is 3.92. The second-order valence-electron chi connectivity index (χ2n) is 8.68. The molecular formula is C31H27NO3S. The average Bonchev–Trinajstić information content (AvgIpc) is 3.32. The van der Waals surface area contributed by atoms with E-state index in [0.717, 1.165) is 54.8 Å². The van der Waals surface area contributed by atoms with Crippen LogP contribution in [0.1, 0.15) is 18.1 Å². The highest BCUT2D eigenvalue weighted by atomic mass is 32.2. The van der Waals surface area contributed by atoms with Gasteiger partial charge in [0.1, 0.15) is 11.3 Å². The smallest absolute Gasteiger partial charge is 0.248 e. The Morgan fingerprint density at radius 1 is 0.972 bits per heavy atom. The summed E-state index contributed by atoms with van der Waals surface area (Å²) in [6.07, 6.45) is 5.45. The van der Waals surface area contributed by atoms with Crippen LogP contribution in [0.2, 0.25) is 0 Å². The number of rotatable bonds is 6. The first-order valence-corrected chi connectivity index (χ1v) is 12.9. The molecule has 1 amide bonds. The van der Waals surface area contributed by atoms with E-state index < -0.39 is 0 Å². The highest BCUT2D eigenvalue weighted by Gasteiger charge is 2.19. The summed E-state index contributed by atoms with van der Waals surface area (Å²) in [5.74, 6) is 0.512. The molecule has 0 aliphatic heterocycles. The Kier molecular flexibility index (Phi) is 6.57. The van der Waals surface area contributed by atoms with Crippen molar-refractivity contribution in [3.05, 3.63) is 96.3 Å². The van der Waals surface area contributed by atoms with Crippen molar-refractivity contribution in [3.8, 4) is 16.9 Å². The quantitative estimate of drug-likeness (QED) is 0.191. The third-order valence-corrected chi connectivity index (χ3v) is 7.20. The fraction of sp³-hybridized carbons (Fsp3) is 0.129. The SMILES string of the molecule is COc1c(/C(C)=C/C(=O)Nc2ccc(SC)cc2)cc2c(-c3cccc4ccccc34)coc2c1C. The molecule has 1 N–H and O–H groups in total. The molecule has 4 nitrogen and oxygen atoms in total. The van der Waals surface area contributed by atoms with E-state index >= 15 is 0 Å². The number of allylic oxidation sites excluding steroid dienone is 1. The van der Waals surface area contributed by atoms with Crippen molar-refractivity contribution in [2.24, 2.45) is 0 Å². The molecule has 0 unspecified atom stereocenters. The van der Waals surface area contributed by atoms with Crippen molar-refractivity contribution in [3.63, 3.8) is 0 Å². The third-order valence-electron chi connectivity index (χ3n) is 6.46. The molecule has 1 aromatic heterocycles. The Bertz CT molecular complexity index is 1610. The summed E-state index contributed by atoms with van der Waals surface area (Å²) >= 11 is 1.67. The van der Waals surface area contributed by atoms with E-state index in [0.29, 0.717) is 5.75 Å². The molecule has 0 spiro atoms. The van der Waals surface area contributed by atoms with Gasteiger partial charge in [0.15, 0.2) is 0 Å². The van der Waals surface area contributed by atoms with Gasteiger partial charge in [0, 0.05) is 38.7 Å². The van der Waals surface area contributed by atoms with Crippen molar-refractivity contribution in [2.75, 3.05) is 18.7 Å². The number of hydrogen-bond donors (Lipinski definition) is 1. The van der Waals surface area contributed by atoms with Gasteiger partial charge in [-0.05, 0) is 72.3 Å². The number of fused-ring (bicyclic) bond motifs is 2. The van der Waals surface area contributed by atoms with Gasteiger partial charge in [0.05, 0.1) is 13.4 Å². The van der Waals surface area contributed by atoms with Gasteiger partial charge < -0.3 is 14.5 Å². The predicted molar refractivity (Wildman–Crippen MR) is 151 cm³/mol. The normalized spacial score (nSPS) is 11.7. The lowest BCUT2D eigenvalue weighted by Crippen LogP contribution is -2.08. The zero-order chi connectivity index (χ0) is 25.2. The molecule has 0 aliphatic carbocycles. The lowest BCUT2D eigenvalue weighted by Gasteiger charge is -2.14. The standard InChI is InChI=1S/C31H27NO3S/c1-19(16-29(33)32-22-12-14-23(36-4)15-13-22)26-17-27-28(18-35-31(27)20(2)30(26)34-3)25-11-7-9-21-8-5-6-10-24(21)25/h5-18H,1-4H3,(H,32,33)/b19-16+. The second-order valence-corrected chi connectivity index (χ2v) is 9.56. The first-order valence-electron chi connectivity index (χ1n) is 11.7. The molecule has 0 radical (unpaired) electrons. The highest BCUT2D eigenvalue weighted by molar-refractivity contribution is 7.98. The van der Waals surface area contributed by atoms with Gasteiger partial charge in [-0.1, -0.05) is 42.5 Å². The van der Waals surface area contributed by atoms with Crippen LogP contribution in [-0.4, -0.2) is 19.3 Å². The van der Waals surface area contributed by atoms with Gasteiger partial charge in [-0.3, -0.25) is 4.79 Å². The number of anilines is 1. The highest BCUT2D eigenvalue weighted by Crippen LogP contribution is 2.42. The number of ether oxygens (including phenoxy) is 1. The number of amides is 1. The number of benzene rings is 4. The van der Waals surface area contributed by atoms with E-state index in [-0.39, 0.29) is 5.91 Å². The van der Waals surface area contributed by atoms with Crippen molar-refractivity contribution in [1.82, 2.24) is 0 Å². The number of thioether (sulfide) groups is 1. The van der Waals surface area contributed by atoms with Crippen LogP contribution in [0, 0.1) is 6.92 Å². The van der Waals surface area contributed by atoms with Crippen molar-refractivity contribution >= 4 is 50.7 Å². The topological polar surface area (TPSA) is 51.5 Å². The summed E-state index contributed by atoms with van der Waals surface area (Å²) in [4.78, 5) is 14.0. The zero-order valence-electron chi connectivity index (χ0n) is 20.7. The van der Waals surface area contributed by atoms with Crippen LogP contribution in [-0.2, 0) is 4.79 Å². The molecule has 5 rings (SSSR count). The Morgan fingerprint density at radius 3 is 2.47 bits per heavy atom. The number of hydrogen-bond acceptors (Lipinski definition) is 4. The molecule has 0 bridgehead atoms. The van der Waals surface area contributed by atoms with Gasteiger partial charge in [0.2, 0.25) is 5.91 Å². The Hall–Kier alpha value is -3.96. The first-order chi connectivity index (χ1) is 17.5. The largest absolute Gasteiger partial charge is 0.496 e. The molecule has 5 heteroatoms. The maximum atomic E-state index is 12.8. The van der Waals surface area contributed by atoms with Crippen LogP contribution in [0.5, 0.6) is 5.75 Å². The Labute approximate surface area is 215 Å². The average molecular weight is 494 g/mol. The summed E-state index contributed by atoms with van der Waals surface area (Å²) < 4.78 is 11.8. The lowest BCUT2D eigenvalue weighted by atomic mass is 9.94. The Morgan fingerprint density at radius 2 is 1.72 bits per heavy atom. The molecule has 0 saturated heterocycles. The molecule has 36 heavy (non-hydrogen) atoms. The lowest BCUT2D eigenvalue weighted by molar-refractivity contribution is -0.111. The van der Waals surface area contributed by atoms with E-state index in [1.807, 2.05) is 62.8 Å². The van der Waals surface area contributed by atoms with Crippen molar-refractivity contribution < 1.29 is 13.9 Å². The minimum absolute atomic E-state index is 0.189. The second kappa shape index (κ2) is 9.96. The molecule has 0 fully saturated rings. The summed E-state index contributed by atoms with van der Waals surface area (Å²) in [5, 5.41) is 6.28. The molecule has 0 saturated carbocycles. The maximum Gasteiger partial charge on any atom is 0.248 e. The van der Waals surface area contributed by atoms with Crippen LogP contribution in [0.25, 0.3) is 38.4 Å². The van der Waals surface area contributed by atoms with Gasteiger partial charge >= 0.3 is 0 Å². The number of nitrogens with one attached hydrogen (secondary N) is 1. The molecule has 0 atom stereocenters. The van der Waals surface area contributed by atoms with E-state index in [1.165, 1.54) is 5.39 Å². The number of aryl methyl sites for hydroxylation is 1. The van der Waals surface area contributed by atoms with E-state index in [4.69, 9.17) is 9.15 Å². The monoisotopic (exact) mass is 493 g/mol. The summed E-state index contributed by atoms with van der Waals surface area (Å²) in [7, 11) is 1.65. The summed E-state index contributed by atoms with van der Waals surface area (Å²) in [5.41, 5.74) is 6.23. The zero-order valence-corrected chi connectivity index (χ0v) is 21.5. The van der Waals surface area contributed by atoms with Crippen LogP contribution in [0.4, 0.5) is 5.69 Å². The number of carbonyl (C=O) groups is 1. The third kappa shape index (κ3) is 4.38.